The van der Waals surface area contributed by atoms with E-state index in [2.05, 4.69) is 95.9 Å². The second-order valence-corrected chi connectivity index (χ2v) is 6.71. The molecule has 4 rings (SSSR count). The summed E-state index contributed by atoms with van der Waals surface area (Å²) in [6, 6.07) is 32.8. The minimum absolute atomic E-state index is 0.567. The van der Waals surface area contributed by atoms with E-state index in [1.165, 1.54) is 16.7 Å². The first-order valence-corrected chi connectivity index (χ1v) is 8.76. The quantitative estimate of drug-likeness (QED) is 0.650. The van der Waals surface area contributed by atoms with Gasteiger partial charge in [-0.3, -0.25) is 4.90 Å². The van der Waals surface area contributed by atoms with Gasteiger partial charge >= 0.3 is 0 Å². The van der Waals surface area contributed by atoms with Gasteiger partial charge in [-0.05, 0) is 16.7 Å². The van der Waals surface area contributed by atoms with Gasteiger partial charge in [-0.2, -0.15) is 0 Å². The molecule has 0 N–H and O–H groups in total. The van der Waals surface area contributed by atoms with Gasteiger partial charge in [0.25, 0.3) is 0 Å². The predicted octanol–water partition coefficient (Wildman–Crippen LogP) is 5.07. The van der Waals surface area contributed by atoms with Crippen LogP contribution in [-0.4, -0.2) is 18.0 Å². The van der Waals surface area contributed by atoms with Gasteiger partial charge in [0.05, 0.1) is 0 Å². The maximum atomic E-state index is 2.60. The highest BCUT2D eigenvalue weighted by Crippen LogP contribution is 2.40. The smallest absolute Gasteiger partial charge is 0.0234 e. The van der Waals surface area contributed by atoms with Gasteiger partial charge in [0.15, 0.2) is 0 Å². The topological polar surface area (TPSA) is 3.24 Å². The number of rotatable bonds is 4. The predicted molar refractivity (Wildman–Crippen MR) is 100 cm³/mol. The molecule has 3 aromatic rings. The highest BCUT2D eigenvalue weighted by Gasteiger charge is 2.34. The Bertz CT molecular complexity index is 704. The van der Waals surface area contributed by atoms with Gasteiger partial charge < -0.3 is 0 Å². The lowest BCUT2D eigenvalue weighted by Crippen LogP contribution is -2.20. The van der Waals surface area contributed by atoms with Gasteiger partial charge in [0, 0.05) is 31.5 Å². The molecule has 1 heteroatoms. The van der Waals surface area contributed by atoms with E-state index in [0.29, 0.717) is 11.8 Å². The van der Waals surface area contributed by atoms with Gasteiger partial charge in [0.1, 0.15) is 0 Å². The van der Waals surface area contributed by atoms with Gasteiger partial charge in [-0.25, -0.2) is 0 Å². The fraction of sp³-hybridized carbons (Fsp3) is 0.217. The van der Waals surface area contributed by atoms with E-state index in [4.69, 9.17) is 0 Å². The normalized spacial score (nSPS) is 21.0. The Balaban J connectivity index is 1.60. The second kappa shape index (κ2) is 7.02. The molecule has 1 fully saturated rings. The van der Waals surface area contributed by atoms with E-state index in [9.17, 15) is 0 Å². The fourth-order valence-corrected chi connectivity index (χ4v) is 3.93. The van der Waals surface area contributed by atoms with Crippen LogP contribution in [0.25, 0.3) is 0 Å². The van der Waals surface area contributed by atoms with Crippen molar-refractivity contribution in [2.24, 2.45) is 0 Å². The van der Waals surface area contributed by atoms with Crippen molar-refractivity contribution in [3.63, 3.8) is 0 Å². The van der Waals surface area contributed by atoms with Crippen LogP contribution < -0.4 is 0 Å². The molecular formula is C23H23N. The Morgan fingerprint density at radius 3 is 1.46 bits per heavy atom. The van der Waals surface area contributed by atoms with Crippen LogP contribution in [0.3, 0.4) is 0 Å². The monoisotopic (exact) mass is 313 g/mol. The average molecular weight is 313 g/mol. The van der Waals surface area contributed by atoms with Crippen molar-refractivity contribution in [1.82, 2.24) is 4.90 Å². The Kier molecular flexibility index (Phi) is 4.44. The maximum Gasteiger partial charge on any atom is 0.0234 e. The summed E-state index contributed by atoms with van der Waals surface area (Å²) in [6.07, 6.45) is 0. The van der Waals surface area contributed by atoms with Crippen molar-refractivity contribution in [3.8, 4) is 0 Å². The molecule has 0 amide bonds. The van der Waals surface area contributed by atoms with Gasteiger partial charge in [0.2, 0.25) is 0 Å². The van der Waals surface area contributed by atoms with Gasteiger partial charge in [-0.1, -0.05) is 91.0 Å². The van der Waals surface area contributed by atoms with Crippen LogP contribution in [0.15, 0.2) is 91.0 Å². The zero-order valence-electron chi connectivity index (χ0n) is 13.9. The van der Waals surface area contributed by atoms with Crippen LogP contribution in [0, 0.1) is 0 Å². The standard InChI is InChI=1S/C23H23N/c1-4-10-19(11-5-1)16-24-17-22(20-12-6-2-7-13-20)23(18-24)21-14-8-3-9-15-21/h1-15,22-23H,16-18H2/t22-,23+. The zero-order chi connectivity index (χ0) is 16.2. The first-order chi connectivity index (χ1) is 11.9. The number of benzene rings is 3. The van der Waals surface area contributed by atoms with E-state index in [-0.39, 0.29) is 0 Å². The molecule has 120 valence electrons. The summed E-state index contributed by atoms with van der Waals surface area (Å²) < 4.78 is 0. The summed E-state index contributed by atoms with van der Waals surface area (Å²) in [7, 11) is 0. The lowest BCUT2D eigenvalue weighted by Gasteiger charge is -2.19. The third-order valence-electron chi connectivity index (χ3n) is 5.10. The van der Waals surface area contributed by atoms with Crippen molar-refractivity contribution in [1.29, 1.82) is 0 Å². The summed E-state index contributed by atoms with van der Waals surface area (Å²) in [5.74, 6) is 1.13. The number of likely N-dealkylation sites (tertiary alicyclic amines) is 1. The molecule has 0 bridgehead atoms. The molecule has 0 radical (unpaired) electrons. The third-order valence-corrected chi connectivity index (χ3v) is 5.10. The molecule has 24 heavy (non-hydrogen) atoms. The molecule has 1 heterocycles. The van der Waals surface area contributed by atoms with Crippen molar-refractivity contribution in [2.75, 3.05) is 13.1 Å². The number of hydrogen-bond acceptors (Lipinski definition) is 1. The van der Waals surface area contributed by atoms with E-state index in [1.54, 1.807) is 0 Å². The maximum absolute atomic E-state index is 2.60. The second-order valence-electron chi connectivity index (χ2n) is 6.71. The summed E-state index contributed by atoms with van der Waals surface area (Å²) in [6.45, 7) is 3.28. The van der Waals surface area contributed by atoms with Crippen molar-refractivity contribution in [3.05, 3.63) is 108 Å². The van der Waals surface area contributed by atoms with Crippen LogP contribution in [-0.2, 0) is 6.54 Å². The van der Waals surface area contributed by atoms with Crippen LogP contribution in [0.5, 0.6) is 0 Å². The molecule has 0 saturated carbocycles. The highest BCUT2D eigenvalue weighted by molar-refractivity contribution is 5.31. The SMILES string of the molecule is c1ccc(CN2C[C@H](c3ccccc3)[C@H](c3ccccc3)C2)cc1. The summed E-state index contributed by atoms with van der Waals surface area (Å²) in [4.78, 5) is 2.60. The summed E-state index contributed by atoms with van der Waals surface area (Å²) in [5.41, 5.74) is 4.32. The van der Waals surface area contributed by atoms with Crippen molar-refractivity contribution < 1.29 is 0 Å². The van der Waals surface area contributed by atoms with Crippen molar-refractivity contribution >= 4 is 0 Å². The molecule has 1 nitrogen and oxygen atoms in total. The Morgan fingerprint density at radius 1 is 0.583 bits per heavy atom. The van der Waals surface area contributed by atoms with Crippen LogP contribution in [0.2, 0.25) is 0 Å². The van der Waals surface area contributed by atoms with Crippen LogP contribution in [0.4, 0.5) is 0 Å². The number of nitrogens with zero attached hydrogens (tertiary/aromatic N) is 1. The molecule has 0 aliphatic carbocycles. The molecule has 0 unspecified atom stereocenters. The molecule has 3 aromatic carbocycles. The molecule has 0 aromatic heterocycles. The average Bonchev–Trinajstić information content (AvgIpc) is 3.08. The van der Waals surface area contributed by atoms with Gasteiger partial charge in [-0.15, -0.1) is 0 Å². The summed E-state index contributed by atoms with van der Waals surface area (Å²) in [5, 5.41) is 0. The van der Waals surface area contributed by atoms with Crippen molar-refractivity contribution in [2.45, 2.75) is 18.4 Å². The molecular weight excluding hydrogens is 290 g/mol. The Morgan fingerprint density at radius 2 is 1.00 bits per heavy atom. The zero-order valence-corrected chi connectivity index (χ0v) is 13.9. The lowest BCUT2D eigenvalue weighted by atomic mass is 9.84. The largest absolute Gasteiger partial charge is 0.298 e. The van der Waals surface area contributed by atoms with E-state index in [0.717, 1.165) is 19.6 Å². The summed E-state index contributed by atoms with van der Waals surface area (Å²) >= 11 is 0. The van der Waals surface area contributed by atoms with E-state index in [1.807, 2.05) is 0 Å². The molecule has 1 aliphatic heterocycles. The van der Waals surface area contributed by atoms with Crippen LogP contribution in [0.1, 0.15) is 28.5 Å². The Hall–Kier alpha value is -2.38. The molecule has 1 aliphatic rings. The minimum atomic E-state index is 0.567. The lowest BCUT2D eigenvalue weighted by molar-refractivity contribution is 0.324. The minimum Gasteiger partial charge on any atom is -0.298 e. The third kappa shape index (κ3) is 3.27. The van der Waals surface area contributed by atoms with E-state index >= 15 is 0 Å². The van der Waals surface area contributed by atoms with Crippen LogP contribution >= 0.6 is 0 Å². The Labute approximate surface area is 144 Å². The molecule has 1 saturated heterocycles. The first kappa shape index (κ1) is 15.2. The van der Waals surface area contributed by atoms with E-state index < -0.39 is 0 Å². The highest BCUT2D eigenvalue weighted by atomic mass is 15.2. The first-order valence-electron chi connectivity index (χ1n) is 8.76. The number of hydrogen-bond donors (Lipinski definition) is 0. The molecule has 2 atom stereocenters. The molecule has 0 spiro atoms. The fourth-order valence-electron chi connectivity index (χ4n) is 3.93.